The van der Waals surface area contributed by atoms with Crippen LogP contribution in [0.15, 0.2) is 41.8 Å². The average molecular weight is 447 g/mol. The third-order valence-electron chi connectivity index (χ3n) is 5.45. The standard InChI is InChI=1S/C20H22FN5O4S/c21-11-2-1-3-13(6-11)31-8-14-16(27)17(28)20(30-14)26-10-24-15-18(22-9-23-19(15)26)25-12-4-5-29-7-12/h1-3,6,9-10,12,14,16-17,20,27-28H,4-5,7-8H2,(H,22,23,25)/t12-,14-,16+,17+,20-/m1/s1. The summed E-state index contributed by atoms with van der Waals surface area (Å²) in [6.07, 6.45) is 0.0831. The first-order valence-electron chi connectivity index (χ1n) is 10.0. The van der Waals surface area contributed by atoms with E-state index in [1.54, 1.807) is 16.7 Å². The van der Waals surface area contributed by atoms with Gasteiger partial charge in [0.25, 0.3) is 0 Å². The number of nitrogens with zero attached hydrogens (tertiary/aromatic N) is 4. The van der Waals surface area contributed by atoms with Gasteiger partial charge in [0.1, 0.15) is 24.4 Å². The summed E-state index contributed by atoms with van der Waals surface area (Å²) in [5.41, 5.74) is 1.04. The lowest BCUT2D eigenvalue weighted by atomic mass is 10.1. The van der Waals surface area contributed by atoms with Crippen molar-refractivity contribution in [3.8, 4) is 0 Å². The molecular formula is C20H22FN5O4S. The van der Waals surface area contributed by atoms with Crippen molar-refractivity contribution < 1.29 is 24.1 Å². The van der Waals surface area contributed by atoms with Gasteiger partial charge in [-0.15, -0.1) is 11.8 Å². The lowest BCUT2D eigenvalue weighted by molar-refractivity contribution is -0.0289. The molecule has 2 saturated heterocycles. The number of aliphatic hydroxyl groups excluding tert-OH is 2. The van der Waals surface area contributed by atoms with E-state index in [0.29, 0.717) is 35.9 Å². The Kier molecular flexibility index (Phi) is 5.76. The van der Waals surface area contributed by atoms with Gasteiger partial charge in [-0.1, -0.05) is 6.07 Å². The van der Waals surface area contributed by atoms with Gasteiger partial charge in [-0.05, 0) is 24.6 Å². The molecule has 0 radical (unpaired) electrons. The van der Waals surface area contributed by atoms with Gasteiger partial charge in [-0.2, -0.15) is 0 Å². The summed E-state index contributed by atoms with van der Waals surface area (Å²) in [5.74, 6) is 0.619. The van der Waals surface area contributed by atoms with Gasteiger partial charge in [-0.25, -0.2) is 19.3 Å². The monoisotopic (exact) mass is 447 g/mol. The Hall–Kier alpha value is -2.31. The number of hydrogen-bond donors (Lipinski definition) is 3. The number of imidazole rings is 1. The summed E-state index contributed by atoms with van der Waals surface area (Å²) >= 11 is 1.35. The Bertz CT molecular complexity index is 1060. The molecule has 2 aromatic heterocycles. The van der Waals surface area contributed by atoms with Gasteiger partial charge < -0.3 is 25.0 Å². The van der Waals surface area contributed by atoms with Crippen molar-refractivity contribution in [1.29, 1.82) is 0 Å². The molecule has 0 aliphatic carbocycles. The third-order valence-corrected chi connectivity index (χ3v) is 6.53. The van der Waals surface area contributed by atoms with Crippen LogP contribution in [-0.4, -0.2) is 73.1 Å². The zero-order valence-electron chi connectivity index (χ0n) is 16.5. The Morgan fingerprint density at radius 1 is 1.23 bits per heavy atom. The summed E-state index contributed by atoms with van der Waals surface area (Å²) in [7, 11) is 0. The van der Waals surface area contributed by atoms with Crippen molar-refractivity contribution in [3.05, 3.63) is 42.7 Å². The minimum atomic E-state index is -1.16. The zero-order valence-corrected chi connectivity index (χ0v) is 17.3. The normalized spacial score (nSPS) is 28.4. The molecule has 3 N–H and O–H groups in total. The molecule has 2 aliphatic heterocycles. The Balaban J connectivity index is 1.33. The molecule has 0 bridgehead atoms. The SMILES string of the molecule is O[C@@H]1[C@H](O)[C@H](n2cnc3c(N[C@@H]4CCOC4)ncnc32)O[C@@H]1CSc1cccc(F)c1. The summed E-state index contributed by atoms with van der Waals surface area (Å²) < 4.78 is 26.4. The summed E-state index contributed by atoms with van der Waals surface area (Å²) in [6.45, 7) is 1.31. The number of thioether (sulfide) groups is 1. The van der Waals surface area contributed by atoms with E-state index < -0.39 is 24.5 Å². The van der Waals surface area contributed by atoms with E-state index in [4.69, 9.17) is 9.47 Å². The molecular weight excluding hydrogens is 425 g/mol. The molecule has 0 saturated carbocycles. The second-order valence-electron chi connectivity index (χ2n) is 7.57. The van der Waals surface area contributed by atoms with Crippen molar-refractivity contribution in [2.75, 3.05) is 24.3 Å². The van der Waals surface area contributed by atoms with E-state index in [2.05, 4.69) is 20.3 Å². The maximum absolute atomic E-state index is 13.4. The molecule has 11 heteroatoms. The van der Waals surface area contributed by atoms with Gasteiger partial charge in [-0.3, -0.25) is 4.57 Å². The molecule has 9 nitrogen and oxygen atoms in total. The molecule has 2 fully saturated rings. The van der Waals surface area contributed by atoms with Crippen LogP contribution >= 0.6 is 11.8 Å². The van der Waals surface area contributed by atoms with E-state index in [-0.39, 0.29) is 11.9 Å². The summed E-state index contributed by atoms with van der Waals surface area (Å²) in [5, 5.41) is 24.5. The maximum atomic E-state index is 13.4. The van der Waals surface area contributed by atoms with Crippen LogP contribution in [0.3, 0.4) is 0 Å². The molecule has 0 unspecified atom stereocenters. The highest BCUT2D eigenvalue weighted by Gasteiger charge is 2.44. The Labute approximate surface area is 181 Å². The number of halogens is 1. The number of aliphatic hydroxyl groups is 2. The van der Waals surface area contributed by atoms with Gasteiger partial charge >= 0.3 is 0 Å². The van der Waals surface area contributed by atoms with Crippen molar-refractivity contribution in [3.63, 3.8) is 0 Å². The zero-order chi connectivity index (χ0) is 21.4. The van der Waals surface area contributed by atoms with Crippen molar-refractivity contribution in [1.82, 2.24) is 19.5 Å². The van der Waals surface area contributed by atoms with E-state index in [1.807, 2.05) is 0 Å². The fraction of sp³-hybridized carbons (Fsp3) is 0.450. The van der Waals surface area contributed by atoms with E-state index >= 15 is 0 Å². The number of rotatable bonds is 6. The van der Waals surface area contributed by atoms with Crippen LogP contribution in [0.4, 0.5) is 10.2 Å². The van der Waals surface area contributed by atoms with Crippen LogP contribution in [0.1, 0.15) is 12.6 Å². The number of ether oxygens (including phenoxy) is 2. The predicted molar refractivity (Wildman–Crippen MR) is 111 cm³/mol. The van der Waals surface area contributed by atoms with Crippen LogP contribution in [0.5, 0.6) is 0 Å². The van der Waals surface area contributed by atoms with Crippen LogP contribution in [0.25, 0.3) is 11.2 Å². The second kappa shape index (κ2) is 8.67. The van der Waals surface area contributed by atoms with Crippen LogP contribution in [0.2, 0.25) is 0 Å². The van der Waals surface area contributed by atoms with Crippen molar-refractivity contribution in [2.45, 2.75) is 41.9 Å². The van der Waals surface area contributed by atoms with Gasteiger partial charge in [0.15, 0.2) is 23.2 Å². The average Bonchev–Trinajstić information content (AvgIpc) is 3.49. The highest BCUT2D eigenvalue weighted by atomic mass is 32.2. The highest BCUT2D eigenvalue weighted by molar-refractivity contribution is 7.99. The Morgan fingerprint density at radius 2 is 2.13 bits per heavy atom. The molecule has 3 aromatic rings. The molecule has 0 amide bonds. The molecule has 1 aromatic carbocycles. The topological polar surface area (TPSA) is 115 Å². The number of hydrogen-bond acceptors (Lipinski definition) is 9. The number of nitrogens with one attached hydrogen (secondary N) is 1. The molecule has 164 valence electrons. The largest absolute Gasteiger partial charge is 0.387 e. The molecule has 4 heterocycles. The minimum absolute atomic E-state index is 0.155. The number of anilines is 1. The molecule has 31 heavy (non-hydrogen) atoms. The second-order valence-corrected chi connectivity index (χ2v) is 8.66. The van der Waals surface area contributed by atoms with Crippen LogP contribution < -0.4 is 5.32 Å². The van der Waals surface area contributed by atoms with Crippen molar-refractivity contribution in [2.24, 2.45) is 0 Å². The molecule has 2 aliphatic rings. The quantitative estimate of drug-likeness (QED) is 0.485. The molecule has 0 spiro atoms. The first kappa shape index (κ1) is 20.6. The van der Waals surface area contributed by atoms with E-state index in [0.717, 1.165) is 11.3 Å². The van der Waals surface area contributed by atoms with E-state index in [9.17, 15) is 14.6 Å². The minimum Gasteiger partial charge on any atom is -0.387 e. The maximum Gasteiger partial charge on any atom is 0.167 e. The van der Waals surface area contributed by atoms with E-state index in [1.165, 1.54) is 36.5 Å². The first-order chi connectivity index (χ1) is 15.1. The first-order valence-corrected chi connectivity index (χ1v) is 11.0. The van der Waals surface area contributed by atoms with Gasteiger partial charge in [0.2, 0.25) is 0 Å². The van der Waals surface area contributed by atoms with Gasteiger partial charge in [0, 0.05) is 17.3 Å². The van der Waals surface area contributed by atoms with Crippen LogP contribution in [-0.2, 0) is 9.47 Å². The summed E-state index contributed by atoms with van der Waals surface area (Å²) in [4.78, 5) is 13.7. The lowest BCUT2D eigenvalue weighted by Gasteiger charge is -2.17. The van der Waals surface area contributed by atoms with Crippen molar-refractivity contribution >= 4 is 28.7 Å². The number of benzene rings is 1. The highest BCUT2D eigenvalue weighted by Crippen LogP contribution is 2.35. The molecule has 5 rings (SSSR count). The predicted octanol–water partition coefficient (Wildman–Crippen LogP) is 1.58. The number of fused-ring (bicyclic) bond motifs is 1. The Morgan fingerprint density at radius 3 is 2.94 bits per heavy atom. The summed E-state index contributed by atoms with van der Waals surface area (Å²) in [6, 6.07) is 6.36. The number of aromatic nitrogens is 4. The fourth-order valence-electron chi connectivity index (χ4n) is 3.82. The fourth-order valence-corrected chi connectivity index (χ4v) is 4.82. The smallest absolute Gasteiger partial charge is 0.167 e. The molecule has 5 atom stereocenters. The third kappa shape index (κ3) is 4.11. The lowest BCUT2D eigenvalue weighted by Crippen LogP contribution is -2.32. The van der Waals surface area contributed by atoms with Crippen LogP contribution in [0, 0.1) is 5.82 Å². The van der Waals surface area contributed by atoms with Gasteiger partial charge in [0.05, 0.1) is 25.1 Å².